The van der Waals surface area contributed by atoms with Crippen LogP contribution in [0.5, 0.6) is 0 Å². The van der Waals surface area contributed by atoms with Gasteiger partial charge in [0.15, 0.2) is 0 Å². The van der Waals surface area contributed by atoms with Crippen molar-refractivity contribution >= 4 is 38.1 Å². The lowest BCUT2D eigenvalue weighted by Crippen LogP contribution is -2.38. The highest BCUT2D eigenvalue weighted by molar-refractivity contribution is 7.88. The van der Waals surface area contributed by atoms with Gasteiger partial charge >= 0.3 is 0 Å². The van der Waals surface area contributed by atoms with Gasteiger partial charge in [-0.2, -0.15) is 0 Å². The lowest BCUT2D eigenvalue weighted by atomic mass is 10.1. The number of rotatable bonds is 7. The second kappa shape index (κ2) is 7.99. The summed E-state index contributed by atoms with van der Waals surface area (Å²) in [4.78, 5) is 0. The van der Waals surface area contributed by atoms with E-state index in [0.717, 1.165) is 46.4 Å². The summed E-state index contributed by atoms with van der Waals surface area (Å²) >= 11 is 7.42. The van der Waals surface area contributed by atoms with Crippen LogP contribution in [0, 0.1) is 5.92 Å². The van der Waals surface area contributed by atoms with Gasteiger partial charge in [-0.3, -0.25) is 0 Å². The van der Waals surface area contributed by atoms with Crippen LogP contribution in [0.3, 0.4) is 0 Å². The van der Waals surface area contributed by atoms with E-state index < -0.39 is 10.0 Å². The SMILES string of the molecule is CS(=O)(=O)NC1CCCC1CNc1nnc(Cc2ccc(Cl)cc2)s1. The van der Waals surface area contributed by atoms with Crippen molar-refractivity contribution in [3.63, 3.8) is 0 Å². The van der Waals surface area contributed by atoms with Crippen molar-refractivity contribution in [1.82, 2.24) is 14.9 Å². The third-order valence-electron chi connectivity index (χ3n) is 4.28. The lowest BCUT2D eigenvalue weighted by molar-refractivity contribution is 0.463. The molecule has 1 fully saturated rings. The summed E-state index contributed by atoms with van der Waals surface area (Å²) in [6.45, 7) is 0.697. The summed E-state index contributed by atoms with van der Waals surface area (Å²) in [7, 11) is -3.17. The first-order chi connectivity index (χ1) is 11.9. The smallest absolute Gasteiger partial charge is 0.208 e. The maximum Gasteiger partial charge on any atom is 0.208 e. The van der Waals surface area contributed by atoms with Gasteiger partial charge in [-0.15, -0.1) is 10.2 Å². The summed E-state index contributed by atoms with van der Waals surface area (Å²) in [5.41, 5.74) is 1.14. The molecule has 3 rings (SSSR count). The van der Waals surface area contributed by atoms with E-state index in [1.54, 1.807) is 0 Å². The average molecular weight is 401 g/mol. The highest BCUT2D eigenvalue weighted by Gasteiger charge is 2.29. The highest BCUT2D eigenvalue weighted by Crippen LogP contribution is 2.27. The Kier molecular flexibility index (Phi) is 5.93. The molecule has 25 heavy (non-hydrogen) atoms. The van der Waals surface area contributed by atoms with Crippen LogP contribution in [0.1, 0.15) is 29.8 Å². The van der Waals surface area contributed by atoms with Crippen LogP contribution in [0.15, 0.2) is 24.3 Å². The monoisotopic (exact) mass is 400 g/mol. The van der Waals surface area contributed by atoms with Crippen LogP contribution in [-0.2, 0) is 16.4 Å². The minimum absolute atomic E-state index is 0.00367. The maximum absolute atomic E-state index is 11.4. The van der Waals surface area contributed by atoms with E-state index >= 15 is 0 Å². The van der Waals surface area contributed by atoms with Crippen molar-refractivity contribution in [1.29, 1.82) is 0 Å². The Hall–Kier alpha value is -1.22. The highest BCUT2D eigenvalue weighted by atomic mass is 35.5. The topological polar surface area (TPSA) is 84.0 Å². The molecule has 0 spiro atoms. The standard InChI is InChI=1S/C16H21ClN4O2S2/c1-25(22,23)21-14-4-2-3-12(14)10-18-16-20-19-15(24-16)9-11-5-7-13(17)8-6-11/h5-8,12,14,21H,2-4,9-10H2,1H3,(H,18,20). The molecule has 0 aliphatic heterocycles. The Labute approximate surface area is 157 Å². The molecule has 2 aromatic rings. The number of anilines is 1. The number of hydrogen-bond acceptors (Lipinski definition) is 6. The van der Waals surface area contributed by atoms with Crippen molar-refractivity contribution in [2.45, 2.75) is 31.7 Å². The molecule has 0 saturated heterocycles. The van der Waals surface area contributed by atoms with E-state index in [4.69, 9.17) is 11.6 Å². The Balaban J connectivity index is 1.54. The number of nitrogens with zero attached hydrogens (tertiary/aromatic N) is 2. The van der Waals surface area contributed by atoms with Gasteiger partial charge in [0.05, 0.1) is 6.26 Å². The fourth-order valence-electron chi connectivity index (χ4n) is 3.10. The molecule has 2 unspecified atom stereocenters. The van der Waals surface area contributed by atoms with Crippen LogP contribution in [0.2, 0.25) is 5.02 Å². The molecular weight excluding hydrogens is 380 g/mol. The van der Waals surface area contributed by atoms with Gasteiger partial charge in [0.2, 0.25) is 15.2 Å². The lowest BCUT2D eigenvalue weighted by Gasteiger charge is -2.19. The number of halogens is 1. The predicted octanol–water partition coefficient (Wildman–Crippen LogP) is 2.91. The van der Waals surface area contributed by atoms with Gasteiger partial charge in [0.1, 0.15) is 5.01 Å². The van der Waals surface area contributed by atoms with Gasteiger partial charge in [-0.1, -0.05) is 41.5 Å². The number of sulfonamides is 1. The maximum atomic E-state index is 11.4. The average Bonchev–Trinajstić information content (AvgIpc) is 3.15. The van der Waals surface area contributed by atoms with E-state index in [-0.39, 0.29) is 12.0 Å². The Morgan fingerprint density at radius 1 is 1.24 bits per heavy atom. The van der Waals surface area contributed by atoms with Crippen LogP contribution >= 0.6 is 22.9 Å². The van der Waals surface area contributed by atoms with E-state index in [0.29, 0.717) is 6.54 Å². The molecule has 1 aromatic heterocycles. The molecule has 1 heterocycles. The molecule has 9 heteroatoms. The first-order valence-electron chi connectivity index (χ1n) is 8.17. The summed E-state index contributed by atoms with van der Waals surface area (Å²) in [5, 5.41) is 14.1. The first-order valence-corrected chi connectivity index (χ1v) is 11.3. The minimum Gasteiger partial charge on any atom is -0.360 e. The number of hydrogen-bond donors (Lipinski definition) is 2. The molecule has 136 valence electrons. The second-order valence-electron chi connectivity index (χ2n) is 6.37. The Morgan fingerprint density at radius 2 is 2.00 bits per heavy atom. The van der Waals surface area contributed by atoms with Crippen molar-refractivity contribution in [2.75, 3.05) is 18.1 Å². The summed E-state index contributed by atoms with van der Waals surface area (Å²) in [6, 6.07) is 7.70. The second-order valence-corrected chi connectivity index (χ2v) is 9.65. The number of nitrogens with one attached hydrogen (secondary N) is 2. The van der Waals surface area contributed by atoms with E-state index in [1.807, 2.05) is 24.3 Å². The summed E-state index contributed by atoms with van der Waals surface area (Å²) in [6.07, 6.45) is 4.87. The first kappa shape index (κ1) is 18.6. The zero-order chi connectivity index (χ0) is 17.9. The summed E-state index contributed by atoms with van der Waals surface area (Å²) in [5.74, 6) is 0.276. The van der Waals surface area contributed by atoms with Gasteiger partial charge in [0.25, 0.3) is 0 Å². The van der Waals surface area contributed by atoms with Crippen LogP contribution < -0.4 is 10.0 Å². The number of benzene rings is 1. The normalized spacial score (nSPS) is 20.7. The Morgan fingerprint density at radius 3 is 2.72 bits per heavy atom. The fourth-order valence-corrected chi connectivity index (χ4v) is 4.87. The molecule has 0 bridgehead atoms. The van der Waals surface area contributed by atoms with Crippen LogP contribution in [0.25, 0.3) is 0 Å². The molecular formula is C16H21ClN4O2S2. The predicted molar refractivity (Wildman–Crippen MR) is 102 cm³/mol. The van der Waals surface area contributed by atoms with Gasteiger partial charge in [0, 0.05) is 24.0 Å². The zero-order valence-corrected chi connectivity index (χ0v) is 16.3. The van der Waals surface area contributed by atoms with E-state index in [9.17, 15) is 8.42 Å². The van der Waals surface area contributed by atoms with E-state index in [1.165, 1.54) is 17.6 Å². The van der Waals surface area contributed by atoms with Crippen LogP contribution in [0.4, 0.5) is 5.13 Å². The summed E-state index contributed by atoms with van der Waals surface area (Å²) < 4.78 is 25.6. The van der Waals surface area contributed by atoms with Crippen molar-refractivity contribution < 1.29 is 8.42 Å². The number of aromatic nitrogens is 2. The van der Waals surface area contributed by atoms with Crippen molar-refractivity contribution in [2.24, 2.45) is 5.92 Å². The largest absolute Gasteiger partial charge is 0.360 e. The van der Waals surface area contributed by atoms with Crippen LogP contribution in [-0.4, -0.2) is 37.5 Å². The zero-order valence-electron chi connectivity index (χ0n) is 13.9. The molecule has 1 aliphatic rings. The molecule has 1 aliphatic carbocycles. The molecule has 0 amide bonds. The molecule has 2 atom stereocenters. The van der Waals surface area contributed by atoms with Gasteiger partial charge in [-0.05, 0) is 36.5 Å². The minimum atomic E-state index is -3.17. The molecule has 1 aromatic carbocycles. The molecule has 1 saturated carbocycles. The molecule has 2 N–H and O–H groups in total. The third-order valence-corrected chi connectivity index (χ3v) is 6.14. The molecule has 0 radical (unpaired) electrons. The van der Waals surface area contributed by atoms with Crippen molar-refractivity contribution in [3.05, 3.63) is 39.9 Å². The van der Waals surface area contributed by atoms with Gasteiger partial charge in [-0.25, -0.2) is 13.1 Å². The van der Waals surface area contributed by atoms with Gasteiger partial charge < -0.3 is 5.32 Å². The fraction of sp³-hybridized carbons (Fsp3) is 0.500. The third kappa shape index (κ3) is 5.64. The van der Waals surface area contributed by atoms with Crippen molar-refractivity contribution in [3.8, 4) is 0 Å². The Bertz CT molecular complexity index is 808. The quantitative estimate of drug-likeness (QED) is 0.746. The van der Waals surface area contributed by atoms with E-state index in [2.05, 4.69) is 20.2 Å². The molecule has 6 nitrogen and oxygen atoms in total.